The highest BCUT2D eigenvalue weighted by Gasteiger charge is 2.02. The third-order valence-electron chi connectivity index (χ3n) is 3.06. The molecule has 5 nitrogen and oxygen atoms in total. The van der Waals surface area contributed by atoms with E-state index in [4.69, 9.17) is 4.74 Å². The summed E-state index contributed by atoms with van der Waals surface area (Å²) in [6.45, 7) is 3.94. The molecular weight excluding hydrogens is 278 g/mol. The second kappa shape index (κ2) is 8.79. The molecule has 0 saturated heterocycles. The Hall–Kier alpha value is -2.40. The van der Waals surface area contributed by atoms with Crippen molar-refractivity contribution in [2.24, 2.45) is 0 Å². The van der Waals surface area contributed by atoms with E-state index in [-0.39, 0.29) is 5.91 Å². The van der Waals surface area contributed by atoms with Gasteiger partial charge in [-0.05, 0) is 48.9 Å². The van der Waals surface area contributed by atoms with Crippen LogP contribution in [0.3, 0.4) is 0 Å². The lowest BCUT2D eigenvalue weighted by Gasteiger charge is -2.08. The van der Waals surface area contributed by atoms with Gasteiger partial charge in [-0.1, -0.05) is 0 Å². The van der Waals surface area contributed by atoms with Gasteiger partial charge in [0.1, 0.15) is 5.75 Å². The smallest absolute Gasteiger partial charge is 0.225 e. The molecule has 116 valence electrons. The zero-order valence-corrected chi connectivity index (χ0v) is 12.7. The molecule has 0 unspecified atom stereocenters. The van der Waals surface area contributed by atoms with E-state index in [1.807, 2.05) is 43.3 Å². The van der Waals surface area contributed by atoms with E-state index in [2.05, 4.69) is 15.6 Å². The van der Waals surface area contributed by atoms with Gasteiger partial charge in [0.2, 0.25) is 5.91 Å². The fraction of sp³-hybridized carbons (Fsp3) is 0.294. The molecule has 2 aromatic rings. The van der Waals surface area contributed by atoms with Crippen LogP contribution in [-0.2, 0) is 11.3 Å². The van der Waals surface area contributed by atoms with Crippen LogP contribution >= 0.6 is 0 Å². The number of anilines is 1. The first kappa shape index (κ1) is 16.0. The third kappa shape index (κ3) is 5.54. The topological polar surface area (TPSA) is 63.2 Å². The number of nitrogens with zero attached hydrogens (tertiary/aromatic N) is 1. The number of carbonyl (C=O) groups is 1. The molecule has 0 aliphatic rings. The maximum absolute atomic E-state index is 11.8. The van der Waals surface area contributed by atoms with E-state index >= 15 is 0 Å². The molecule has 0 bridgehead atoms. The van der Waals surface area contributed by atoms with Gasteiger partial charge in [-0.3, -0.25) is 9.78 Å². The molecule has 0 saturated carbocycles. The maximum Gasteiger partial charge on any atom is 0.225 e. The fourth-order valence-corrected chi connectivity index (χ4v) is 1.96. The molecule has 2 rings (SSSR count). The zero-order valence-electron chi connectivity index (χ0n) is 12.7. The average molecular weight is 299 g/mol. The van der Waals surface area contributed by atoms with Crippen molar-refractivity contribution >= 4 is 11.6 Å². The lowest BCUT2D eigenvalue weighted by molar-refractivity contribution is -0.116. The summed E-state index contributed by atoms with van der Waals surface area (Å²) in [6, 6.07) is 11.3. The summed E-state index contributed by atoms with van der Waals surface area (Å²) in [6.07, 6.45) is 3.95. The predicted octanol–water partition coefficient (Wildman–Crippen LogP) is 2.60. The van der Waals surface area contributed by atoms with Crippen LogP contribution in [0.2, 0.25) is 0 Å². The molecule has 0 aliphatic heterocycles. The molecule has 5 heteroatoms. The van der Waals surface area contributed by atoms with Gasteiger partial charge in [0.05, 0.1) is 6.61 Å². The molecule has 0 aliphatic carbocycles. The van der Waals surface area contributed by atoms with Crippen molar-refractivity contribution in [3.63, 3.8) is 0 Å². The summed E-state index contributed by atoms with van der Waals surface area (Å²) in [4.78, 5) is 15.8. The highest BCUT2D eigenvalue weighted by Crippen LogP contribution is 2.15. The molecule has 0 radical (unpaired) electrons. The molecular formula is C17H21N3O2. The summed E-state index contributed by atoms with van der Waals surface area (Å²) in [5, 5.41) is 6.10. The average Bonchev–Trinajstić information content (AvgIpc) is 2.55. The van der Waals surface area contributed by atoms with Crippen molar-refractivity contribution in [2.45, 2.75) is 19.9 Å². The van der Waals surface area contributed by atoms with Gasteiger partial charge in [-0.25, -0.2) is 0 Å². The van der Waals surface area contributed by atoms with Gasteiger partial charge >= 0.3 is 0 Å². The number of pyridine rings is 1. The van der Waals surface area contributed by atoms with Crippen molar-refractivity contribution in [2.75, 3.05) is 18.5 Å². The molecule has 22 heavy (non-hydrogen) atoms. The quantitative estimate of drug-likeness (QED) is 0.735. The van der Waals surface area contributed by atoms with Crippen LogP contribution in [0.5, 0.6) is 5.75 Å². The van der Waals surface area contributed by atoms with Gasteiger partial charge in [0.25, 0.3) is 0 Å². The van der Waals surface area contributed by atoms with E-state index in [0.717, 1.165) is 23.5 Å². The minimum Gasteiger partial charge on any atom is -0.494 e. The van der Waals surface area contributed by atoms with Gasteiger partial charge < -0.3 is 15.4 Å². The molecule has 2 N–H and O–H groups in total. The summed E-state index contributed by atoms with van der Waals surface area (Å²) >= 11 is 0. The summed E-state index contributed by atoms with van der Waals surface area (Å²) < 4.78 is 5.36. The number of carbonyl (C=O) groups excluding carboxylic acids is 1. The maximum atomic E-state index is 11.8. The summed E-state index contributed by atoms with van der Waals surface area (Å²) in [7, 11) is 0. The van der Waals surface area contributed by atoms with Crippen LogP contribution in [0.15, 0.2) is 48.8 Å². The number of amides is 1. The Morgan fingerprint density at radius 1 is 1.14 bits per heavy atom. The number of aromatic nitrogens is 1. The number of hydrogen-bond acceptors (Lipinski definition) is 4. The summed E-state index contributed by atoms with van der Waals surface area (Å²) in [5.41, 5.74) is 1.93. The Balaban J connectivity index is 1.67. The highest BCUT2D eigenvalue weighted by atomic mass is 16.5. The predicted molar refractivity (Wildman–Crippen MR) is 86.8 cm³/mol. The normalized spacial score (nSPS) is 10.2. The van der Waals surface area contributed by atoms with Crippen molar-refractivity contribution in [3.8, 4) is 5.75 Å². The molecule has 1 aromatic carbocycles. The molecule has 1 heterocycles. The zero-order chi connectivity index (χ0) is 15.6. The van der Waals surface area contributed by atoms with Crippen LogP contribution < -0.4 is 15.4 Å². The first-order valence-electron chi connectivity index (χ1n) is 7.40. The Morgan fingerprint density at radius 3 is 2.55 bits per heavy atom. The Bertz CT molecular complexity index is 570. The van der Waals surface area contributed by atoms with E-state index in [9.17, 15) is 4.79 Å². The first-order valence-corrected chi connectivity index (χ1v) is 7.40. The van der Waals surface area contributed by atoms with Gasteiger partial charge in [-0.15, -0.1) is 0 Å². The highest BCUT2D eigenvalue weighted by molar-refractivity contribution is 5.90. The van der Waals surface area contributed by atoms with Crippen molar-refractivity contribution in [1.29, 1.82) is 0 Å². The standard InChI is InChI=1S/C17H21N3O2/c1-2-22-16-5-3-15(4-6-16)20-17(21)9-12-19-13-14-7-10-18-11-8-14/h3-8,10-11,19H,2,9,12-13H2,1H3,(H,20,21). The number of ether oxygens (including phenoxy) is 1. The van der Waals surface area contributed by atoms with Crippen LogP contribution in [0.4, 0.5) is 5.69 Å². The molecule has 0 fully saturated rings. The van der Waals surface area contributed by atoms with Gasteiger partial charge in [0, 0.05) is 37.6 Å². The SMILES string of the molecule is CCOc1ccc(NC(=O)CCNCc2ccncc2)cc1. The van der Waals surface area contributed by atoms with E-state index < -0.39 is 0 Å². The fourth-order valence-electron chi connectivity index (χ4n) is 1.96. The lowest BCUT2D eigenvalue weighted by Crippen LogP contribution is -2.21. The van der Waals surface area contributed by atoms with Gasteiger partial charge in [0.15, 0.2) is 0 Å². The van der Waals surface area contributed by atoms with Crippen LogP contribution in [0.1, 0.15) is 18.9 Å². The molecule has 0 atom stereocenters. The largest absolute Gasteiger partial charge is 0.494 e. The molecule has 1 aromatic heterocycles. The van der Waals surface area contributed by atoms with E-state index in [0.29, 0.717) is 19.6 Å². The second-order valence-electron chi connectivity index (χ2n) is 4.79. The lowest BCUT2D eigenvalue weighted by atomic mass is 10.2. The molecule has 1 amide bonds. The van der Waals surface area contributed by atoms with Crippen LogP contribution in [0, 0.1) is 0 Å². The minimum absolute atomic E-state index is 0.00797. The number of rotatable bonds is 8. The van der Waals surface area contributed by atoms with Crippen molar-refractivity contribution in [1.82, 2.24) is 10.3 Å². The van der Waals surface area contributed by atoms with Crippen molar-refractivity contribution in [3.05, 3.63) is 54.4 Å². The van der Waals surface area contributed by atoms with Crippen molar-refractivity contribution < 1.29 is 9.53 Å². The molecule has 0 spiro atoms. The number of benzene rings is 1. The van der Waals surface area contributed by atoms with E-state index in [1.165, 1.54) is 0 Å². The van der Waals surface area contributed by atoms with E-state index in [1.54, 1.807) is 12.4 Å². The second-order valence-corrected chi connectivity index (χ2v) is 4.79. The van der Waals surface area contributed by atoms with Crippen LogP contribution in [0.25, 0.3) is 0 Å². The Labute approximate surface area is 130 Å². The number of nitrogens with one attached hydrogen (secondary N) is 2. The number of hydrogen-bond donors (Lipinski definition) is 2. The van der Waals surface area contributed by atoms with Crippen LogP contribution in [-0.4, -0.2) is 24.0 Å². The summed E-state index contributed by atoms with van der Waals surface area (Å²) in [5.74, 6) is 0.797. The Kier molecular flexibility index (Phi) is 6.39. The minimum atomic E-state index is -0.00797. The third-order valence-corrected chi connectivity index (χ3v) is 3.06. The monoisotopic (exact) mass is 299 g/mol. The first-order chi connectivity index (χ1) is 10.8. The van der Waals surface area contributed by atoms with Gasteiger partial charge in [-0.2, -0.15) is 0 Å². The Morgan fingerprint density at radius 2 is 1.86 bits per heavy atom.